The van der Waals surface area contributed by atoms with Gasteiger partial charge in [0.15, 0.2) is 0 Å². The molecular weight excluding hydrogens is 212 g/mol. The zero-order valence-corrected chi connectivity index (χ0v) is 8.45. The van der Waals surface area contributed by atoms with Crippen molar-refractivity contribution in [3.63, 3.8) is 0 Å². The second-order valence-corrected chi connectivity index (χ2v) is 2.73. The summed E-state index contributed by atoms with van der Waals surface area (Å²) in [6.07, 6.45) is 4.47. The number of carbonyl (C=O) groups excluding carboxylic acids is 1. The van der Waals surface area contributed by atoms with Crippen molar-refractivity contribution in [2.45, 2.75) is 6.92 Å². The molecule has 7 heteroatoms. The SMILES string of the molecule is CCOC(=O)c1noc(-c2cnccn2)n1. The van der Waals surface area contributed by atoms with Crippen molar-refractivity contribution >= 4 is 5.97 Å². The number of carbonyl (C=O) groups is 1. The van der Waals surface area contributed by atoms with Gasteiger partial charge in [0.2, 0.25) is 0 Å². The number of ether oxygens (including phenoxy) is 1. The average molecular weight is 220 g/mol. The van der Waals surface area contributed by atoms with Crippen molar-refractivity contribution < 1.29 is 14.1 Å². The molecule has 0 saturated carbocycles. The lowest BCUT2D eigenvalue weighted by molar-refractivity contribution is 0.0508. The number of hydrogen-bond acceptors (Lipinski definition) is 7. The fraction of sp³-hybridized carbons (Fsp3) is 0.222. The molecule has 7 nitrogen and oxygen atoms in total. The molecule has 0 aromatic carbocycles. The van der Waals surface area contributed by atoms with Gasteiger partial charge in [-0.3, -0.25) is 4.98 Å². The largest absolute Gasteiger partial charge is 0.460 e. The molecule has 0 unspecified atom stereocenters. The van der Waals surface area contributed by atoms with Crippen molar-refractivity contribution in [3.8, 4) is 11.6 Å². The van der Waals surface area contributed by atoms with Gasteiger partial charge in [0, 0.05) is 12.4 Å². The van der Waals surface area contributed by atoms with E-state index in [-0.39, 0.29) is 18.3 Å². The van der Waals surface area contributed by atoms with Crippen LogP contribution in [0.4, 0.5) is 0 Å². The second kappa shape index (κ2) is 4.47. The summed E-state index contributed by atoms with van der Waals surface area (Å²) in [5.41, 5.74) is 0.408. The predicted octanol–water partition coefficient (Wildman–Crippen LogP) is 0.703. The van der Waals surface area contributed by atoms with Gasteiger partial charge in [-0.15, -0.1) is 0 Å². The van der Waals surface area contributed by atoms with E-state index in [2.05, 4.69) is 20.1 Å². The Balaban J connectivity index is 2.23. The van der Waals surface area contributed by atoms with E-state index in [1.165, 1.54) is 18.6 Å². The van der Waals surface area contributed by atoms with Gasteiger partial charge in [-0.05, 0) is 12.1 Å². The molecule has 2 heterocycles. The van der Waals surface area contributed by atoms with E-state index < -0.39 is 5.97 Å². The van der Waals surface area contributed by atoms with Gasteiger partial charge in [0.1, 0.15) is 5.69 Å². The van der Waals surface area contributed by atoms with E-state index in [0.29, 0.717) is 5.69 Å². The van der Waals surface area contributed by atoms with Crippen LogP contribution in [-0.2, 0) is 4.74 Å². The number of rotatable bonds is 3. The first-order valence-electron chi connectivity index (χ1n) is 4.58. The molecular formula is C9H8N4O3. The Morgan fingerprint density at radius 3 is 3.06 bits per heavy atom. The van der Waals surface area contributed by atoms with E-state index >= 15 is 0 Å². The monoisotopic (exact) mass is 220 g/mol. The number of hydrogen-bond donors (Lipinski definition) is 0. The van der Waals surface area contributed by atoms with Crippen LogP contribution in [0.1, 0.15) is 17.5 Å². The molecule has 0 N–H and O–H groups in total. The second-order valence-electron chi connectivity index (χ2n) is 2.73. The maximum atomic E-state index is 11.2. The number of nitrogens with zero attached hydrogens (tertiary/aromatic N) is 4. The van der Waals surface area contributed by atoms with Crippen molar-refractivity contribution in [1.29, 1.82) is 0 Å². The summed E-state index contributed by atoms with van der Waals surface area (Å²) in [5, 5.41) is 3.48. The summed E-state index contributed by atoms with van der Waals surface area (Å²) in [7, 11) is 0. The third-order valence-electron chi connectivity index (χ3n) is 1.67. The summed E-state index contributed by atoms with van der Waals surface area (Å²) in [4.78, 5) is 22.9. The van der Waals surface area contributed by atoms with Crippen LogP contribution in [0.25, 0.3) is 11.6 Å². The minimum absolute atomic E-state index is 0.123. The average Bonchev–Trinajstić information content (AvgIpc) is 2.80. The van der Waals surface area contributed by atoms with Crippen LogP contribution in [0, 0.1) is 0 Å². The van der Waals surface area contributed by atoms with Crippen molar-refractivity contribution in [1.82, 2.24) is 20.1 Å². The van der Waals surface area contributed by atoms with E-state index in [1.807, 2.05) is 0 Å². The number of esters is 1. The molecule has 0 aliphatic carbocycles. The maximum absolute atomic E-state index is 11.2. The normalized spacial score (nSPS) is 10.1. The molecule has 0 radical (unpaired) electrons. The summed E-state index contributed by atoms with van der Waals surface area (Å²) in [6, 6.07) is 0. The molecule has 2 aromatic heterocycles. The molecule has 0 aliphatic heterocycles. The van der Waals surface area contributed by atoms with E-state index in [0.717, 1.165) is 0 Å². The van der Waals surface area contributed by atoms with Gasteiger partial charge in [-0.2, -0.15) is 4.98 Å². The lowest BCUT2D eigenvalue weighted by Gasteiger charge is -1.93. The van der Waals surface area contributed by atoms with Gasteiger partial charge in [-0.1, -0.05) is 0 Å². The van der Waals surface area contributed by atoms with Gasteiger partial charge in [-0.25, -0.2) is 9.78 Å². The molecule has 2 rings (SSSR count). The molecule has 16 heavy (non-hydrogen) atoms. The summed E-state index contributed by atoms with van der Waals surface area (Å²) >= 11 is 0. The molecule has 2 aromatic rings. The molecule has 0 saturated heterocycles. The molecule has 0 bridgehead atoms. The van der Waals surface area contributed by atoms with Crippen LogP contribution in [-0.4, -0.2) is 32.7 Å². The zero-order chi connectivity index (χ0) is 11.4. The molecule has 0 spiro atoms. The smallest absolute Gasteiger partial charge is 0.379 e. The summed E-state index contributed by atoms with van der Waals surface area (Å²) < 4.78 is 9.57. The van der Waals surface area contributed by atoms with Crippen LogP contribution < -0.4 is 0 Å². The standard InChI is InChI=1S/C9H8N4O3/c1-2-15-9(14)7-12-8(16-13-7)6-5-10-3-4-11-6/h3-5H,2H2,1H3. The van der Waals surface area contributed by atoms with Gasteiger partial charge in [0.25, 0.3) is 11.7 Å². The first-order chi connectivity index (χ1) is 7.81. The minimum atomic E-state index is -0.624. The van der Waals surface area contributed by atoms with Crippen molar-refractivity contribution in [3.05, 3.63) is 24.4 Å². The van der Waals surface area contributed by atoms with E-state index in [4.69, 9.17) is 9.26 Å². The van der Waals surface area contributed by atoms with E-state index in [1.54, 1.807) is 6.92 Å². The third kappa shape index (κ3) is 2.02. The van der Waals surface area contributed by atoms with Crippen molar-refractivity contribution in [2.75, 3.05) is 6.61 Å². The highest BCUT2D eigenvalue weighted by Gasteiger charge is 2.17. The summed E-state index contributed by atoms with van der Waals surface area (Å²) in [6.45, 7) is 1.95. The Kier molecular flexibility index (Phi) is 2.86. The molecule has 82 valence electrons. The Labute approximate surface area is 90.5 Å². The highest BCUT2D eigenvalue weighted by Crippen LogP contribution is 2.12. The number of aromatic nitrogens is 4. The Hall–Kier alpha value is -2.31. The highest BCUT2D eigenvalue weighted by atomic mass is 16.5. The third-order valence-corrected chi connectivity index (χ3v) is 1.67. The zero-order valence-electron chi connectivity index (χ0n) is 8.45. The highest BCUT2D eigenvalue weighted by molar-refractivity contribution is 5.85. The van der Waals surface area contributed by atoms with Crippen LogP contribution in [0.2, 0.25) is 0 Å². The molecule has 0 aliphatic rings. The van der Waals surface area contributed by atoms with Crippen LogP contribution >= 0.6 is 0 Å². The first-order valence-corrected chi connectivity index (χ1v) is 4.58. The van der Waals surface area contributed by atoms with E-state index in [9.17, 15) is 4.79 Å². The lowest BCUT2D eigenvalue weighted by Crippen LogP contribution is -2.06. The van der Waals surface area contributed by atoms with Crippen LogP contribution in [0.15, 0.2) is 23.1 Å². The maximum Gasteiger partial charge on any atom is 0.379 e. The first kappa shape index (κ1) is 10.2. The summed E-state index contributed by atoms with van der Waals surface area (Å²) in [5.74, 6) is -0.611. The van der Waals surface area contributed by atoms with Gasteiger partial charge < -0.3 is 9.26 Å². The van der Waals surface area contributed by atoms with Crippen molar-refractivity contribution in [2.24, 2.45) is 0 Å². The molecule has 0 fully saturated rings. The quantitative estimate of drug-likeness (QED) is 0.703. The Morgan fingerprint density at radius 2 is 2.38 bits per heavy atom. The lowest BCUT2D eigenvalue weighted by atomic mass is 10.4. The Morgan fingerprint density at radius 1 is 1.50 bits per heavy atom. The van der Waals surface area contributed by atoms with Gasteiger partial charge in [0.05, 0.1) is 12.8 Å². The fourth-order valence-corrected chi connectivity index (χ4v) is 1.02. The van der Waals surface area contributed by atoms with Gasteiger partial charge >= 0.3 is 5.97 Å². The minimum Gasteiger partial charge on any atom is -0.460 e. The Bertz CT molecular complexity index is 483. The predicted molar refractivity (Wildman–Crippen MR) is 51.3 cm³/mol. The van der Waals surface area contributed by atoms with Crippen LogP contribution in [0.3, 0.4) is 0 Å². The van der Waals surface area contributed by atoms with Crippen LogP contribution in [0.5, 0.6) is 0 Å². The topological polar surface area (TPSA) is 91.0 Å². The fourth-order valence-electron chi connectivity index (χ4n) is 1.02. The molecule has 0 amide bonds. The molecule has 0 atom stereocenters.